The summed E-state index contributed by atoms with van der Waals surface area (Å²) >= 11 is 3.37. The third-order valence-corrected chi connectivity index (χ3v) is 3.15. The Balaban J connectivity index is 2.03. The zero-order valence-corrected chi connectivity index (χ0v) is 9.61. The van der Waals surface area contributed by atoms with Gasteiger partial charge in [-0.25, -0.2) is 0 Å². The van der Waals surface area contributed by atoms with Gasteiger partial charge in [0.15, 0.2) is 0 Å². The third kappa shape index (κ3) is 4.12. The van der Waals surface area contributed by atoms with Gasteiger partial charge in [0.2, 0.25) is 5.91 Å². The summed E-state index contributed by atoms with van der Waals surface area (Å²) in [4.78, 5) is 11.5. The van der Waals surface area contributed by atoms with Crippen molar-refractivity contribution in [2.24, 2.45) is 5.92 Å². The second-order valence-electron chi connectivity index (χ2n) is 3.67. The van der Waals surface area contributed by atoms with Crippen molar-refractivity contribution in [1.29, 1.82) is 0 Å². The van der Waals surface area contributed by atoms with Crippen molar-refractivity contribution in [2.75, 3.05) is 11.9 Å². The molecule has 13 heavy (non-hydrogen) atoms. The van der Waals surface area contributed by atoms with Crippen LogP contribution in [-0.2, 0) is 4.79 Å². The first-order valence-corrected chi connectivity index (χ1v) is 6.30. The largest absolute Gasteiger partial charge is 0.356 e. The molecule has 2 nitrogen and oxygen atoms in total. The molecule has 1 amide bonds. The molecule has 1 fully saturated rings. The third-order valence-electron chi connectivity index (χ3n) is 2.59. The molecule has 0 spiro atoms. The zero-order chi connectivity index (χ0) is 9.52. The number of carbonyl (C=O) groups excluding carboxylic acids is 1. The smallest absolute Gasteiger partial charge is 0.223 e. The lowest BCUT2D eigenvalue weighted by Gasteiger charge is -2.09. The highest BCUT2D eigenvalue weighted by Crippen LogP contribution is 2.24. The van der Waals surface area contributed by atoms with Crippen LogP contribution in [0.2, 0.25) is 0 Å². The van der Waals surface area contributed by atoms with Gasteiger partial charge in [0.1, 0.15) is 0 Å². The molecule has 1 aliphatic rings. The number of carbonyl (C=O) groups is 1. The van der Waals surface area contributed by atoms with Crippen LogP contribution in [0.3, 0.4) is 0 Å². The van der Waals surface area contributed by atoms with Crippen LogP contribution in [-0.4, -0.2) is 17.8 Å². The summed E-state index contributed by atoms with van der Waals surface area (Å²) in [5, 5.41) is 4.03. The standard InChI is InChI=1S/C10H18BrNO/c11-7-3-4-8-12-10(13)9-5-1-2-6-9/h9H,1-8H2,(H,12,13). The lowest BCUT2D eigenvalue weighted by molar-refractivity contribution is -0.124. The highest BCUT2D eigenvalue weighted by molar-refractivity contribution is 9.09. The van der Waals surface area contributed by atoms with Gasteiger partial charge in [-0.05, 0) is 25.7 Å². The Morgan fingerprint density at radius 2 is 2.00 bits per heavy atom. The molecule has 0 unspecified atom stereocenters. The second-order valence-corrected chi connectivity index (χ2v) is 4.46. The normalized spacial score (nSPS) is 17.6. The summed E-state index contributed by atoms with van der Waals surface area (Å²) < 4.78 is 0. The van der Waals surface area contributed by atoms with Crippen molar-refractivity contribution in [2.45, 2.75) is 38.5 Å². The van der Waals surface area contributed by atoms with Crippen LogP contribution in [0, 0.1) is 5.92 Å². The number of hydrogen-bond donors (Lipinski definition) is 1. The molecule has 1 N–H and O–H groups in total. The van der Waals surface area contributed by atoms with Gasteiger partial charge in [-0.1, -0.05) is 28.8 Å². The minimum Gasteiger partial charge on any atom is -0.356 e. The second kappa shape index (κ2) is 6.41. The molecule has 0 atom stereocenters. The van der Waals surface area contributed by atoms with Crippen LogP contribution < -0.4 is 5.32 Å². The molecular weight excluding hydrogens is 230 g/mol. The molecule has 76 valence electrons. The fraction of sp³-hybridized carbons (Fsp3) is 0.900. The maximum atomic E-state index is 11.5. The van der Waals surface area contributed by atoms with Gasteiger partial charge in [0.05, 0.1) is 0 Å². The van der Waals surface area contributed by atoms with Gasteiger partial charge in [0.25, 0.3) is 0 Å². The lowest BCUT2D eigenvalue weighted by Crippen LogP contribution is -2.30. The fourth-order valence-corrected chi connectivity index (χ4v) is 2.16. The summed E-state index contributed by atoms with van der Waals surface area (Å²) in [5.41, 5.74) is 0. The molecule has 0 aromatic heterocycles. The van der Waals surface area contributed by atoms with Crippen molar-refractivity contribution in [1.82, 2.24) is 5.32 Å². The molecule has 1 rings (SSSR count). The molecular formula is C10H18BrNO. The molecule has 0 aromatic rings. The number of rotatable bonds is 5. The average Bonchev–Trinajstić information content (AvgIpc) is 2.65. The molecule has 0 aromatic carbocycles. The number of hydrogen-bond acceptors (Lipinski definition) is 1. The quantitative estimate of drug-likeness (QED) is 0.587. The van der Waals surface area contributed by atoms with Crippen LogP contribution in [0.1, 0.15) is 38.5 Å². The Kier molecular flexibility index (Phi) is 5.44. The Bertz CT molecular complexity index is 155. The molecule has 0 bridgehead atoms. The first kappa shape index (κ1) is 11.0. The van der Waals surface area contributed by atoms with E-state index in [9.17, 15) is 4.79 Å². The van der Waals surface area contributed by atoms with Gasteiger partial charge < -0.3 is 5.32 Å². The van der Waals surface area contributed by atoms with E-state index in [1.165, 1.54) is 12.8 Å². The summed E-state index contributed by atoms with van der Waals surface area (Å²) in [6.45, 7) is 0.848. The number of amides is 1. The number of alkyl halides is 1. The van der Waals surface area contributed by atoms with Gasteiger partial charge in [-0.2, -0.15) is 0 Å². The van der Waals surface area contributed by atoms with Gasteiger partial charge in [-0.15, -0.1) is 0 Å². The minimum absolute atomic E-state index is 0.284. The zero-order valence-electron chi connectivity index (χ0n) is 8.02. The van der Waals surface area contributed by atoms with Crippen molar-refractivity contribution >= 4 is 21.8 Å². The van der Waals surface area contributed by atoms with Crippen LogP contribution >= 0.6 is 15.9 Å². The highest BCUT2D eigenvalue weighted by Gasteiger charge is 2.21. The van der Waals surface area contributed by atoms with Crippen LogP contribution in [0.25, 0.3) is 0 Å². The van der Waals surface area contributed by atoms with E-state index in [0.717, 1.165) is 37.6 Å². The minimum atomic E-state index is 0.284. The monoisotopic (exact) mass is 247 g/mol. The highest BCUT2D eigenvalue weighted by atomic mass is 79.9. The van der Waals surface area contributed by atoms with E-state index in [2.05, 4.69) is 21.2 Å². The first-order valence-electron chi connectivity index (χ1n) is 5.18. The van der Waals surface area contributed by atoms with Gasteiger partial charge in [0, 0.05) is 17.8 Å². The summed E-state index contributed by atoms with van der Waals surface area (Å²) in [6, 6.07) is 0. The maximum absolute atomic E-state index is 11.5. The molecule has 1 saturated carbocycles. The van der Waals surface area contributed by atoms with E-state index in [0.29, 0.717) is 5.92 Å². The Morgan fingerprint density at radius 3 is 2.62 bits per heavy atom. The van der Waals surface area contributed by atoms with E-state index < -0.39 is 0 Å². The first-order chi connectivity index (χ1) is 6.34. The molecule has 0 aliphatic heterocycles. The van der Waals surface area contributed by atoms with Gasteiger partial charge >= 0.3 is 0 Å². The fourth-order valence-electron chi connectivity index (χ4n) is 1.76. The van der Waals surface area contributed by atoms with Crippen molar-refractivity contribution < 1.29 is 4.79 Å². The predicted molar refractivity (Wildman–Crippen MR) is 58.0 cm³/mol. The van der Waals surface area contributed by atoms with E-state index in [1.807, 2.05) is 0 Å². The molecule has 0 saturated heterocycles. The Hall–Kier alpha value is -0.0500. The van der Waals surface area contributed by atoms with E-state index >= 15 is 0 Å². The summed E-state index contributed by atoms with van der Waals surface area (Å²) in [7, 11) is 0. The van der Waals surface area contributed by atoms with Crippen LogP contribution in [0.15, 0.2) is 0 Å². The topological polar surface area (TPSA) is 29.1 Å². The van der Waals surface area contributed by atoms with E-state index in [1.54, 1.807) is 0 Å². The predicted octanol–water partition coefficient (Wildman–Crippen LogP) is 2.47. The average molecular weight is 248 g/mol. The number of halogens is 1. The van der Waals surface area contributed by atoms with Crippen LogP contribution in [0.5, 0.6) is 0 Å². The van der Waals surface area contributed by atoms with Crippen LogP contribution in [0.4, 0.5) is 0 Å². The van der Waals surface area contributed by atoms with Crippen molar-refractivity contribution in [3.05, 3.63) is 0 Å². The van der Waals surface area contributed by atoms with E-state index in [4.69, 9.17) is 0 Å². The molecule has 0 heterocycles. The van der Waals surface area contributed by atoms with Crippen molar-refractivity contribution in [3.8, 4) is 0 Å². The SMILES string of the molecule is O=C(NCCCCBr)C1CCCC1. The Labute approximate surface area is 88.6 Å². The number of nitrogens with one attached hydrogen (secondary N) is 1. The molecule has 0 radical (unpaired) electrons. The maximum Gasteiger partial charge on any atom is 0.223 e. The molecule has 1 aliphatic carbocycles. The number of unbranched alkanes of at least 4 members (excludes halogenated alkanes) is 1. The van der Waals surface area contributed by atoms with Crippen molar-refractivity contribution in [3.63, 3.8) is 0 Å². The lowest BCUT2D eigenvalue weighted by atomic mass is 10.1. The Morgan fingerprint density at radius 1 is 1.31 bits per heavy atom. The summed E-state index contributed by atoms with van der Waals surface area (Å²) in [6.07, 6.45) is 6.90. The molecule has 3 heteroatoms. The van der Waals surface area contributed by atoms with E-state index in [-0.39, 0.29) is 5.91 Å². The summed E-state index contributed by atoms with van der Waals surface area (Å²) in [5.74, 6) is 0.607. The van der Waals surface area contributed by atoms with Gasteiger partial charge in [-0.3, -0.25) is 4.79 Å².